The molecule has 1 saturated heterocycles. The Morgan fingerprint density at radius 1 is 1.06 bits per heavy atom. The molecule has 0 radical (unpaired) electrons. The number of nitrogens with one attached hydrogen (secondary N) is 1. The largest absolute Gasteiger partial charge is 0.419 e. The summed E-state index contributed by atoms with van der Waals surface area (Å²) in [7, 11) is 0. The van der Waals surface area contributed by atoms with E-state index < -0.39 is 17.6 Å². The van der Waals surface area contributed by atoms with Crippen LogP contribution in [0.5, 0.6) is 0 Å². The van der Waals surface area contributed by atoms with Crippen molar-refractivity contribution in [3.05, 3.63) is 70.7 Å². The van der Waals surface area contributed by atoms with Gasteiger partial charge < -0.3 is 9.80 Å². The molecule has 2 aliphatic heterocycles. The number of H-pyrrole nitrogens is 1. The van der Waals surface area contributed by atoms with Crippen molar-refractivity contribution in [3.63, 3.8) is 0 Å². The monoisotopic (exact) mass is 473 g/mol. The molecule has 3 aromatic rings. The number of fused-ring (bicyclic) bond motifs is 2. The minimum absolute atomic E-state index is 0.0344. The van der Waals surface area contributed by atoms with Gasteiger partial charge in [-0.05, 0) is 47.9 Å². The first-order chi connectivity index (χ1) is 16.2. The van der Waals surface area contributed by atoms with E-state index in [0.29, 0.717) is 47.9 Å². The molecule has 176 valence electrons. The van der Waals surface area contributed by atoms with E-state index in [1.807, 2.05) is 0 Å². The highest BCUT2D eigenvalue weighted by Crippen LogP contribution is 2.33. The number of aryl methyl sites for hydroxylation is 1. The van der Waals surface area contributed by atoms with Crippen LogP contribution in [0.3, 0.4) is 0 Å². The van der Waals surface area contributed by atoms with Gasteiger partial charge in [-0.15, -0.1) is 0 Å². The second kappa shape index (κ2) is 8.23. The number of carbonyl (C=O) groups is 2. The average Bonchev–Trinajstić information content (AvgIpc) is 3.50. The molecule has 0 aliphatic carbocycles. The Morgan fingerprint density at radius 3 is 2.59 bits per heavy atom. The molecule has 0 spiro atoms. The topological polar surface area (TPSA) is 82.2 Å². The summed E-state index contributed by atoms with van der Waals surface area (Å²) in [5.41, 5.74) is 1.75. The van der Waals surface area contributed by atoms with Crippen LogP contribution in [0.1, 0.15) is 27.9 Å². The van der Waals surface area contributed by atoms with E-state index in [1.165, 1.54) is 6.07 Å². The maximum atomic E-state index is 13.7. The summed E-state index contributed by atoms with van der Waals surface area (Å²) < 4.78 is 51.8. The predicted octanol–water partition coefficient (Wildman–Crippen LogP) is 3.55. The molecular weight excluding hydrogens is 454 g/mol. The van der Waals surface area contributed by atoms with Crippen LogP contribution in [-0.4, -0.2) is 56.7 Å². The van der Waals surface area contributed by atoms with Crippen molar-refractivity contribution < 1.29 is 27.2 Å². The Bertz CT molecular complexity index is 1320. The number of likely N-dealkylation sites (tertiary alicyclic amines) is 1. The second-order valence-electron chi connectivity index (χ2n) is 8.47. The molecule has 2 amide bonds. The van der Waals surface area contributed by atoms with Gasteiger partial charge in [0, 0.05) is 43.7 Å². The highest BCUT2D eigenvalue weighted by atomic mass is 19.4. The summed E-state index contributed by atoms with van der Waals surface area (Å²) in [5, 5.41) is 10.5. The minimum Gasteiger partial charge on any atom is -0.338 e. The zero-order valence-corrected chi connectivity index (χ0v) is 17.8. The first-order valence-electron chi connectivity index (χ1n) is 10.6. The number of hydrogen-bond acceptors (Lipinski definition) is 4. The van der Waals surface area contributed by atoms with Gasteiger partial charge in [0.1, 0.15) is 16.9 Å². The maximum Gasteiger partial charge on any atom is 0.419 e. The van der Waals surface area contributed by atoms with Crippen LogP contribution in [0.2, 0.25) is 0 Å². The molecule has 5 rings (SSSR count). The van der Waals surface area contributed by atoms with Gasteiger partial charge in [0.05, 0.1) is 5.56 Å². The van der Waals surface area contributed by atoms with Gasteiger partial charge in [-0.25, -0.2) is 4.39 Å². The van der Waals surface area contributed by atoms with Crippen LogP contribution < -0.4 is 0 Å². The zero-order chi connectivity index (χ0) is 24.0. The molecule has 11 heteroatoms. The van der Waals surface area contributed by atoms with Gasteiger partial charge >= 0.3 is 6.18 Å². The number of hydrogen-bond donors (Lipinski definition) is 1. The Balaban J connectivity index is 1.18. The molecule has 0 saturated carbocycles. The van der Waals surface area contributed by atoms with Crippen LogP contribution in [0, 0.1) is 11.7 Å². The van der Waals surface area contributed by atoms with Crippen LogP contribution in [0.25, 0.3) is 11.0 Å². The van der Waals surface area contributed by atoms with Crippen LogP contribution >= 0.6 is 0 Å². The SMILES string of the molecule is O=C(c1ccc2n[nH]nc2c1)N1C=C2CN(C(=O)CCc3ccc(C(F)(F)F)c(F)c3)C[C@@H]2C1. The number of benzene rings is 2. The summed E-state index contributed by atoms with van der Waals surface area (Å²) in [6.07, 6.45) is -2.77. The van der Waals surface area contributed by atoms with Gasteiger partial charge in [-0.1, -0.05) is 6.07 Å². The van der Waals surface area contributed by atoms with Crippen molar-refractivity contribution in [1.82, 2.24) is 25.2 Å². The Hall–Kier alpha value is -3.76. The third-order valence-corrected chi connectivity index (χ3v) is 6.22. The minimum atomic E-state index is -4.75. The number of aromatic nitrogens is 3. The fraction of sp³-hybridized carbons (Fsp3) is 0.304. The smallest absolute Gasteiger partial charge is 0.338 e. The zero-order valence-electron chi connectivity index (χ0n) is 17.8. The number of amides is 2. The van der Waals surface area contributed by atoms with Crippen molar-refractivity contribution in [2.24, 2.45) is 5.92 Å². The molecule has 7 nitrogen and oxygen atoms in total. The molecule has 1 fully saturated rings. The lowest BCUT2D eigenvalue weighted by Crippen LogP contribution is -2.33. The van der Waals surface area contributed by atoms with E-state index in [0.717, 1.165) is 11.6 Å². The number of rotatable bonds is 4. The highest BCUT2D eigenvalue weighted by Gasteiger charge is 2.37. The number of carbonyl (C=O) groups excluding carboxylic acids is 2. The van der Waals surface area contributed by atoms with Crippen molar-refractivity contribution in [2.75, 3.05) is 19.6 Å². The van der Waals surface area contributed by atoms with Crippen molar-refractivity contribution in [2.45, 2.75) is 19.0 Å². The van der Waals surface area contributed by atoms with E-state index in [9.17, 15) is 27.2 Å². The quantitative estimate of drug-likeness (QED) is 0.588. The van der Waals surface area contributed by atoms with E-state index in [1.54, 1.807) is 34.2 Å². The van der Waals surface area contributed by atoms with E-state index in [2.05, 4.69) is 15.4 Å². The van der Waals surface area contributed by atoms with Crippen LogP contribution in [0.15, 0.2) is 48.2 Å². The average molecular weight is 473 g/mol. The number of aromatic amines is 1. The van der Waals surface area contributed by atoms with E-state index >= 15 is 0 Å². The van der Waals surface area contributed by atoms with Gasteiger partial charge in [-0.3, -0.25) is 9.59 Å². The summed E-state index contributed by atoms with van der Waals surface area (Å²) in [5.74, 6) is -1.63. The molecule has 34 heavy (non-hydrogen) atoms. The van der Waals surface area contributed by atoms with E-state index in [4.69, 9.17) is 0 Å². The first-order valence-corrected chi connectivity index (χ1v) is 10.6. The lowest BCUT2D eigenvalue weighted by molar-refractivity contribution is -0.140. The first kappa shape index (κ1) is 22.1. The predicted molar refractivity (Wildman–Crippen MR) is 113 cm³/mol. The standard InChI is InChI=1S/C23H19F4N5O2/c24-18-7-13(1-4-17(18)23(25,26)27)2-6-21(33)31-9-15-11-32(12-16(15)10-31)22(34)14-3-5-19-20(8-14)29-30-28-19/h1,3-5,7-8,11,16H,2,6,9-10,12H2,(H,28,29,30)/t16-/m1/s1. The van der Waals surface area contributed by atoms with Crippen molar-refractivity contribution in [1.29, 1.82) is 0 Å². The second-order valence-corrected chi connectivity index (χ2v) is 8.47. The highest BCUT2D eigenvalue weighted by molar-refractivity contribution is 5.98. The number of alkyl halides is 3. The third kappa shape index (κ3) is 4.13. The molecule has 1 atom stereocenters. The molecule has 0 bridgehead atoms. The van der Waals surface area contributed by atoms with Crippen LogP contribution in [0.4, 0.5) is 17.6 Å². The number of nitrogens with zero attached hydrogens (tertiary/aromatic N) is 4. The molecule has 2 aromatic carbocycles. The molecule has 3 heterocycles. The van der Waals surface area contributed by atoms with Crippen molar-refractivity contribution in [3.8, 4) is 0 Å². The fourth-order valence-corrected chi connectivity index (χ4v) is 4.43. The molecule has 1 N–H and O–H groups in total. The fourth-order valence-electron chi connectivity index (χ4n) is 4.43. The molecule has 1 aromatic heterocycles. The summed E-state index contributed by atoms with van der Waals surface area (Å²) >= 11 is 0. The normalized spacial score (nSPS) is 17.9. The summed E-state index contributed by atoms with van der Waals surface area (Å²) in [6, 6.07) is 7.82. The molecule has 2 aliphatic rings. The Kier molecular flexibility index (Phi) is 5.34. The van der Waals surface area contributed by atoms with E-state index in [-0.39, 0.29) is 30.6 Å². The lowest BCUT2D eigenvalue weighted by atomic mass is 10.1. The van der Waals surface area contributed by atoms with Gasteiger partial charge in [0.25, 0.3) is 5.91 Å². The maximum absolute atomic E-state index is 13.7. The Morgan fingerprint density at radius 2 is 1.85 bits per heavy atom. The summed E-state index contributed by atoms with van der Waals surface area (Å²) in [4.78, 5) is 28.8. The number of halogens is 4. The third-order valence-electron chi connectivity index (χ3n) is 6.22. The lowest BCUT2D eigenvalue weighted by Gasteiger charge is -2.20. The van der Waals surface area contributed by atoms with Crippen LogP contribution in [-0.2, 0) is 17.4 Å². The molecule has 0 unspecified atom stereocenters. The Labute approximate surface area is 191 Å². The summed E-state index contributed by atoms with van der Waals surface area (Å²) in [6.45, 7) is 1.30. The van der Waals surface area contributed by atoms with Gasteiger partial charge in [0.15, 0.2) is 0 Å². The van der Waals surface area contributed by atoms with Gasteiger partial charge in [-0.2, -0.15) is 28.6 Å². The van der Waals surface area contributed by atoms with Gasteiger partial charge in [0.2, 0.25) is 5.91 Å². The molecular formula is C23H19F4N5O2. The van der Waals surface area contributed by atoms with Crippen molar-refractivity contribution >= 4 is 22.8 Å².